The van der Waals surface area contributed by atoms with Crippen molar-refractivity contribution in [3.05, 3.63) is 248 Å². The van der Waals surface area contributed by atoms with Gasteiger partial charge in [-0.3, -0.25) is 0 Å². The Morgan fingerprint density at radius 3 is 1.34 bits per heavy atom. The highest BCUT2D eigenvalue weighted by atomic mass is 16.3. The van der Waals surface area contributed by atoms with E-state index in [1.807, 2.05) is 30.3 Å². The molecule has 64 heavy (non-hydrogen) atoms. The Hall–Kier alpha value is -8.40. The molecule has 0 radical (unpaired) electrons. The normalized spacial score (nSPS) is 12.1. The molecule has 2 aromatic heterocycles. The first-order chi connectivity index (χ1) is 31.6. The van der Waals surface area contributed by atoms with Crippen LogP contribution in [0.4, 0.5) is 17.1 Å². The quantitative estimate of drug-likeness (QED) is 0.129. The summed E-state index contributed by atoms with van der Waals surface area (Å²) in [7, 11) is 0. The van der Waals surface area contributed by atoms with Gasteiger partial charge in [0.15, 0.2) is 0 Å². The molecule has 0 fully saturated rings. The number of allylic oxidation sites excluding steroid dienone is 5. The minimum atomic E-state index is 0.886. The van der Waals surface area contributed by atoms with Crippen LogP contribution in [0, 0.1) is 0 Å². The molecule has 3 heteroatoms. The minimum absolute atomic E-state index is 0.886. The van der Waals surface area contributed by atoms with Crippen LogP contribution < -0.4 is 4.90 Å². The molecular formula is C61H43NO2. The summed E-state index contributed by atoms with van der Waals surface area (Å²) in [5.74, 6) is 0. The third kappa shape index (κ3) is 7.29. The second-order valence-corrected chi connectivity index (χ2v) is 16.2. The predicted octanol–water partition coefficient (Wildman–Crippen LogP) is 17.6. The number of rotatable bonds is 10. The number of hydrogen-bond donors (Lipinski definition) is 0. The van der Waals surface area contributed by atoms with Crippen molar-refractivity contribution in [3.63, 3.8) is 0 Å². The largest absolute Gasteiger partial charge is 0.456 e. The monoisotopic (exact) mass is 821 g/mol. The zero-order chi connectivity index (χ0) is 43.0. The van der Waals surface area contributed by atoms with Crippen molar-refractivity contribution in [1.29, 1.82) is 0 Å². The first kappa shape index (κ1) is 38.5. The van der Waals surface area contributed by atoms with Crippen molar-refractivity contribution in [1.82, 2.24) is 0 Å². The van der Waals surface area contributed by atoms with Crippen molar-refractivity contribution in [2.75, 3.05) is 4.90 Å². The standard InChI is InChI=1S/C61H43NO2/c1-3-42(49-29-37-60-56(39-49)54-13-7-9-15-58(54)63-60)18-17-41(2)43-23-31-51(32-24-43)62(52-33-25-46(26-34-52)44-11-5-4-6-12-44)53-35-27-47(28-36-53)45-19-21-48(22-20-45)50-30-38-61-57(40-50)55-14-8-10-16-59(55)64-61/h3-40H,1H2,2H3/b41-17+,42-18+. The predicted molar refractivity (Wildman–Crippen MR) is 270 cm³/mol. The number of anilines is 3. The fourth-order valence-electron chi connectivity index (χ4n) is 8.82. The van der Waals surface area contributed by atoms with Gasteiger partial charge in [-0.15, -0.1) is 0 Å². The Morgan fingerprint density at radius 1 is 0.375 bits per heavy atom. The van der Waals surface area contributed by atoms with Crippen LogP contribution in [-0.2, 0) is 0 Å². The molecule has 304 valence electrons. The number of furan rings is 2. The zero-order valence-corrected chi connectivity index (χ0v) is 35.4. The molecule has 0 bridgehead atoms. The van der Waals surface area contributed by atoms with Gasteiger partial charge in [0.1, 0.15) is 22.3 Å². The third-order valence-electron chi connectivity index (χ3n) is 12.3. The molecule has 9 aromatic carbocycles. The maximum absolute atomic E-state index is 6.08. The first-order valence-corrected chi connectivity index (χ1v) is 21.7. The lowest BCUT2D eigenvalue weighted by molar-refractivity contribution is 0.668. The second kappa shape index (κ2) is 16.5. The number of nitrogens with zero attached hydrogens (tertiary/aromatic N) is 1. The minimum Gasteiger partial charge on any atom is -0.456 e. The Bertz CT molecular complexity index is 3530. The van der Waals surface area contributed by atoms with Gasteiger partial charge in [-0.05, 0) is 135 Å². The molecule has 0 aliphatic heterocycles. The molecule has 0 unspecified atom stereocenters. The van der Waals surface area contributed by atoms with E-state index in [2.05, 4.69) is 219 Å². The number of hydrogen-bond acceptors (Lipinski definition) is 3. The summed E-state index contributed by atoms with van der Waals surface area (Å²) in [6.45, 7) is 6.31. The van der Waals surface area contributed by atoms with Crippen LogP contribution in [0.2, 0.25) is 0 Å². The van der Waals surface area contributed by atoms with Crippen LogP contribution >= 0.6 is 0 Å². The lowest BCUT2D eigenvalue weighted by Crippen LogP contribution is -2.09. The highest BCUT2D eigenvalue weighted by molar-refractivity contribution is 6.07. The maximum atomic E-state index is 6.08. The zero-order valence-electron chi connectivity index (χ0n) is 35.4. The molecule has 0 amide bonds. The van der Waals surface area contributed by atoms with Crippen LogP contribution in [0.1, 0.15) is 18.1 Å². The summed E-state index contributed by atoms with van der Waals surface area (Å²) in [5.41, 5.74) is 18.3. The molecule has 2 heterocycles. The van der Waals surface area contributed by atoms with Gasteiger partial charge in [-0.25, -0.2) is 0 Å². The molecule has 11 aromatic rings. The van der Waals surface area contributed by atoms with Gasteiger partial charge >= 0.3 is 0 Å². The van der Waals surface area contributed by atoms with E-state index in [1.165, 1.54) is 27.8 Å². The van der Waals surface area contributed by atoms with Crippen molar-refractivity contribution in [2.45, 2.75) is 6.92 Å². The van der Waals surface area contributed by atoms with E-state index in [4.69, 9.17) is 8.83 Å². The summed E-state index contributed by atoms with van der Waals surface area (Å²) >= 11 is 0. The summed E-state index contributed by atoms with van der Waals surface area (Å²) in [6.07, 6.45) is 6.24. The van der Waals surface area contributed by atoms with Crippen molar-refractivity contribution < 1.29 is 8.83 Å². The number of benzene rings is 9. The Kier molecular flexibility index (Phi) is 9.91. The van der Waals surface area contributed by atoms with Gasteiger partial charge in [0.25, 0.3) is 0 Å². The molecule has 0 saturated carbocycles. The maximum Gasteiger partial charge on any atom is 0.135 e. The van der Waals surface area contributed by atoms with Crippen LogP contribution in [0.15, 0.2) is 246 Å². The molecule has 0 atom stereocenters. The van der Waals surface area contributed by atoms with Gasteiger partial charge in [0, 0.05) is 38.6 Å². The van der Waals surface area contributed by atoms with Gasteiger partial charge in [0.2, 0.25) is 0 Å². The van der Waals surface area contributed by atoms with E-state index < -0.39 is 0 Å². The topological polar surface area (TPSA) is 29.5 Å². The Morgan fingerprint density at radius 2 is 0.781 bits per heavy atom. The molecule has 3 nitrogen and oxygen atoms in total. The van der Waals surface area contributed by atoms with Crippen LogP contribution in [0.25, 0.3) is 88.4 Å². The lowest BCUT2D eigenvalue weighted by atomic mass is 9.98. The van der Waals surface area contributed by atoms with Gasteiger partial charge in [-0.1, -0.05) is 164 Å². The van der Waals surface area contributed by atoms with E-state index in [-0.39, 0.29) is 0 Å². The van der Waals surface area contributed by atoms with Gasteiger partial charge in [0.05, 0.1) is 0 Å². The second-order valence-electron chi connectivity index (χ2n) is 16.2. The van der Waals surface area contributed by atoms with Gasteiger partial charge < -0.3 is 13.7 Å². The van der Waals surface area contributed by atoms with Crippen molar-refractivity contribution >= 4 is 72.1 Å². The highest BCUT2D eigenvalue weighted by Crippen LogP contribution is 2.39. The van der Waals surface area contributed by atoms with E-state index in [0.717, 1.165) is 88.8 Å². The van der Waals surface area contributed by atoms with Gasteiger partial charge in [-0.2, -0.15) is 0 Å². The van der Waals surface area contributed by atoms with Crippen molar-refractivity contribution in [3.8, 4) is 33.4 Å². The Labute approximate surface area is 372 Å². The van der Waals surface area contributed by atoms with Crippen LogP contribution in [-0.4, -0.2) is 0 Å². The van der Waals surface area contributed by atoms with E-state index in [9.17, 15) is 0 Å². The summed E-state index contributed by atoms with van der Waals surface area (Å²) in [5, 5.41) is 4.50. The molecule has 0 aliphatic rings. The molecule has 0 saturated heterocycles. The smallest absolute Gasteiger partial charge is 0.135 e. The fourth-order valence-corrected chi connectivity index (χ4v) is 8.82. The average molecular weight is 822 g/mol. The third-order valence-corrected chi connectivity index (χ3v) is 12.3. The van der Waals surface area contributed by atoms with E-state index >= 15 is 0 Å². The summed E-state index contributed by atoms with van der Waals surface area (Å²) < 4.78 is 12.2. The van der Waals surface area contributed by atoms with E-state index in [0.29, 0.717) is 0 Å². The SMILES string of the molecule is C=C/C(=C\C=C(/C)c1ccc(N(c2ccc(-c3ccccc3)cc2)c2ccc(-c3ccc(-c4ccc5oc6ccccc6c5c4)cc3)cc2)cc1)c1ccc2oc3ccccc3c2c1. The summed E-state index contributed by atoms with van der Waals surface area (Å²) in [6, 6.07) is 75.1. The number of para-hydroxylation sites is 2. The Balaban J connectivity index is 0.877. The average Bonchev–Trinajstić information content (AvgIpc) is 3.93. The molecular weight excluding hydrogens is 779 g/mol. The molecule has 0 N–H and O–H groups in total. The number of fused-ring (bicyclic) bond motifs is 6. The first-order valence-electron chi connectivity index (χ1n) is 21.7. The van der Waals surface area contributed by atoms with Crippen LogP contribution in [0.3, 0.4) is 0 Å². The highest BCUT2D eigenvalue weighted by Gasteiger charge is 2.15. The van der Waals surface area contributed by atoms with Crippen LogP contribution in [0.5, 0.6) is 0 Å². The van der Waals surface area contributed by atoms with E-state index in [1.54, 1.807) is 0 Å². The molecule has 0 aliphatic carbocycles. The molecule has 0 spiro atoms. The van der Waals surface area contributed by atoms with Crippen molar-refractivity contribution in [2.24, 2.45) is 0 Å². The lowest BCUT2D eigenvalue weighted by Gasteiger charge is -2.26. The fraction of sp³-hybridized carbons (Fsp3) is 0.0164. The molecule has 11 rings (SSSR count). The summed E-state index contributed by atoms with van der Waals surface area (Å²) in [4.78, 5) is 2.33.